The zero-order valence-electron chi connectivity index (χ0n) is 12.7. The molecule has 0 aromatic heterocycles. The molecule has 0 aliphatic carbocycles. The highest BCUT2D eigenvalue weighted by atomic mass is 16.5. The summed E-state index contributed by atoms with van der Waals surface area (Å²) < 4.78 is 4.56. The van der Waals surface area contributed by atoms with Gasteiger partial charge in [-0.15, -0.1) is 0 Å². The molecular weight excluding hydrogens is 282 g/mol. The van der Waals surface area contributed by atoms with Gasteiger partial charge in [-0.2, -0.15) is 0 Å². The van der Waals surface area contributed by atoms with Crippen LogP contribution in [0.3, 0.4) is 0 Å². The van der Waals surface area contributed by atoms with E-state index in [0.29, 0.717) is 13.0 Å². The zero-order chi connectivity index (χ0) is 16.1. The third kappa shape index (κ3) is 3.55. The second-order valence-corrected chi connectivity index (χ2v) is 5.12. The Bertz CT molecular complexity index is 696. The number of phenolic OH excluding ortho intramolecular Hbond substituents is 1. The lowest BCUT2D eigenvalue weighted by molar-refractivity contribution is -0.140. The number of fused-ring (bicyclic) bond motifs is 1. The van der Waals surface area contributed by atoms with Crippen LogP contribution in [0.4, 0.5) is 0 Å². The number of amides is 1. The van der Waals surface area contributed by atoms with Crippen LogP contribution < -0.4 is 0 Å². The second-order valence-electron chi connectivity index (χ2n) is 5.12. The van der Waals surface area contributed by atoms with Crippen molar-refractivity contribution in [3.63, 3.8) is 0 Å². The van der Waals surface area contributed by atoms with Gasteiger partial charge in [0.1, 0.15) is 5.75 Å². The molecule has 0 unspecified atom stereocenters. The van der Waals surface area contributed by atoms with Crippen LogP contribution in [0.5, 0.6) is 5.75 Å². The molecule has 0 atom stereocenters. The van der Waals surface area contributed by atoms with E-state index in [-0.39, 0.29) is 29.6 Å². The van der Waals surface area contributed by atoms with E-state index in [1.807, 2.05) is 24.3 Å². The minimum Gasteiger partial charge on any atom is -0.507 e. The van der Waals surface area contributed by atoms with E-state index in [0.717, 1.165) is 10.8 Å². The summed E-state index contributed by atoms with van der Waals surface area (Å²) in [6.07, 6.45) is 0.779. The maximum Gasteiger partial charge on any atom is 0.305 e. The first-order valence-corrected chi connectivity index (χ1v) is 7.07. The van der Waals surface area contributed by atoms with Crippen molar-refractivity contribution in [2.24, 2.45) is 0 Å². The van der Waals surface area contributed by atoms with E-state index in [2.05, 4.69) is 4.74 Å². The zero-order valence-corrected chi connectivity index (χ0v) is 12.7. The summed E-state index contributed by atoms with van der Waals surface area (Å²) in [4.78, 5) is 25.0. The monoisotopic (exact) mass is 301 g/mol. The number of ether oxygens (including phenoxy) is 1. The SMILES string of the molecule is COC(=O)CCCN(C)C(=O)c1cc2ccccc2cc1O. The number of carbonyl (C=O) groups excluding carboxylic acids is 2. The number of hydrogen-bond donors (Lipinski definition) is 1. The summed E-state index contributed by atoms with van der Waals surface area (Å²) in [6, 6.07) is 10.8. The molecule has 2 aromatic carbocycles. The van der Waals surface area contributed by atoms with Gasteiger partial charge in [0, 0.05) is 20.0 Å². The smallest absolute Gasteiger partial charge is 0.305 e. The number of aromatic hydroxyl groups is 1. The second kappa shape index (κ2) is 6.93. The summed E-state index contributed by atoms with van der Waals surface area (Å²) in [6.45, 7) is 0.417. The Hall–Kier alpha value is -2.56. The number of hydrogen-bond acceptors (Lipinski definition) is 4. The van der Waals surface area contributed by atoms with E-state index in [4.69, 9.17) is 0 Å². The molecule has 5 heteroatoms. The van der Waals surface area contributed by atoms with Crippen molar-refractivity contribution in [2.75, 3.05) is 20.7 Å². The molecule has 5 nitrogen and oxygen atoms in total. The predicted molar refractivity (Wildman–Crippen MR) is 83.8 cm³/mol. The van der Waals surface area contributed by atoms with Gasteiger partial charge in [0.15, 0.2) is 0 Å². The maximum atomic E-state index is 12.4. The van der Waals surface area contributed by atoms with Crippen molar-refractivity contribution in [3.05, 3.63) is 42.0 Å². The molecule has 0 aliphatic rings. The van der Waals surface area contributed by atoms with Gasteiger partial charge in [-0.1, -0.05) is 24.3 Å². The van der Waals surface area contributed by atoms with Crippen molar-refractivity contribution in [1.82, 2.24) is 4.90 Å². The van der Waals surface area contributed by atoms with Gasteiger partial charge < -0.3 is 14.7 Å². The van der Waals surface area contributed by atoms with E-state index < -0.39 is 0 Å². The normalized spacial score (nSPS) is 10.5. The standard InChI is InChI=1S/C17H19NO4/c1-18(9-5-8-16(20)22-2)17(21)14-10-12-6-3-4-7-13(12)11-15(14)19/h3-4,6-7,10-11,19H,5,8-9H2,1-2H3. The van der Waals surface area contributed by atoms with Crippen LogP contribution in [0.25, 0.3) is 10.8 Å². The molecule has 0 spiro atoms. The van der Waals surface area contributed by atoms with E-state index in [9.17, 15) is 14.7 Å². The van der Waals surface area contributed by atoms with Crippen LogP contribution in [-0.4, -0.2) is 42.6 Å². The van der Waals surface area contributed by atoms with Crippen molar-refractivity contribution in [3.8, 4) is 5.75 Å². The summed E-state index contributed by atoms with van der Waals surface area (Å²) in [5.74, 6) is -0.606. The Morgan fingerprint density at radius 2 is 1.82 bits per heavy atom. The molecular formula is C17H19NO4. The summed E-state index contributed by atoms with van der Waals surface area (Å²) in [7, 11) is 2.98. The van der Waals surface area contributed by atoms with E-state index in [1.165, 1.54) is 12.0 Å². The van der Waals surface area contributed by atoms with Crippen LogP contribution in [-0.2, 0) is 9.53 Å². The Balaban J connectivity index is 2.11. The van der Waals surface area contributed by atoms with Crippen LogP contribution in [0.2, 0.25) is 0 Å². The molecule has 1 amide bonds. The molecule has 2 aromatic rings. The lowest BCUT2D eigenvalue weighted by Gasteiger charge is -2.18. The number of esters is 1. The fourth-order valence-electron chi connectivity index (χ4n) is 2.27. The first kappa shape index (κ1) is 15.8. The van der Waals surface area contributed by atoms with Gasteiger partial charge in [0.25, 0.3) is 5.91 Å². The Morgan fingerprint density at radius 3 is 2.45 bits per heavy atom. The molecule has 116 valence electrons. The number of nitrogens with zero attached hydrogens (tertiary/aromatic N) is 1. The average molecular weight is 301 g/mol. The van der Waals surface area contributed by atoms with Crippen molar-refractivity contribution >= 4 is 22.6 Å². The first-order valence-electron chi connectivity index (χ1n) is 7.07. The third-order valence-corrected chi connectivity index (χ3v) is 3.54. The molecule has 2 rings (SSSR count). The summed E-state index contributed by atoms with van der Waals surface area (Å²) in [5, 5.41) is 11.8. The number of carbonyl (C=O) groups is 2. The van der Waals surface area contributed by atoms with Crippen LogP contribution in [0, 0.1) is 0 Å². The van der Waals surface area contributed by atoms with Crippen molar-refractivity contribution in [2.45, 2.75) is 12.8 Å². The Labute approximate surface area is 129 Å². The topological polar surface area (TPSA) is 66.8 Å². The summed E-state index contributed by atoms with van der Waals surface area (Å²) in [5.41, 5.74) is 0.263. The lowest BCUT2D eigenvalue weighted by Crippen LogP contribution is -2.28. The molecule has 0 bridgehead atoms. The van der Waals surface area contributed by atoms with E-state index >= 15 is 0 Å². The molecule has 0 heterocycles. The molecule has 1 N–H and O–H groups in total. The molecule has 0 saturated heterocycles. The maximum absolute atomic E-state index is 12.4. The number of benzene rings is 2. The third-order valence-electron chi connectivity index (χ3n) is 3.54. The van der Waals surface area contributed by atoms with Crippen molar-refractivity contribution in [1.29, 1.82) is 0 Å². The minimum atomic E-state index is -0.297. The van der Waals surface area contributed by atoms with Gasteiger partial charge in [0.05, 0.1) is 12.7 Å². The largest absolute Gasteiger partial charge is 0.507 e. The Kier molecular flexibility index (Phi) is 4.99. The van der Waals surface area contributed by atoms with Crippen LogP contribution in [0.15, 0.2) is 36.4 Å². The highest BCUT2D eigenvalue weighted by Gasteiger charge is 2.16. The van der Waals surface area contributed by atoms with Gasteiger partial charge in [-0.25, -0.2) is 0 Å². The molecule has 0 fully saturated rings. The Morgan fingerprint density at radius 1 is 1.18 bits per heavy atom. The molecule has 0 saturated carbocycles. The van der Waals surface area contributed by atoms with E-state index in [1.54, 1.807) is 19.2 Å². The van der Waals surface area contributed by atoms with Gasteiger partial charge >= 0.3 is 5.97 Å². The van der Waals surface area contributed by atoms with Crippen LogP contribution >= 0.6 is 0 Å². The summed E-state index contributed by atoms with van der Waals surface area (Å²) >= 11 is 0. The minimum absolute atomic E-state index is 0.0384. The highest BCUT2D eigenvalue weighted by Crippen LogP contribution is 2.25. The quantitative estimate of drug-likeness (QED) is 0.862. The van der Waals surface area contributed by atoms with Gasteiger partial charge in [0.2, 0.25) is 0 Å². The highest BCUT2D eigenvalue weighted by molar-refractivity contribution is 6.01. The first-order chi connectivity index (χ1) is 10.5. The lowest BCUT2D eigenvalue weighted by atomic mass is 10.0. The van der Waals surface area contributed by atoms with Gasteiger partial charge in [-0.05, 0) is 29.3 Å². The fraction of sp³-hybridized carbons (Fsp3) is 0.294. The van der Waals surface area contributed by atoms with Crippen LogP contribution in [0.1, 0.15) is 23.2 Å². The number of methoxy groups -OCH3 is 1. The molecule has 0 aliphatic heterocycles. The fourth-order valence-corrected chi connectivity index (χ4v) is 2.27. The van der Waals surface area contributed by atoms with Crippen molar-refractivity contribution < 1.29 is 19.4 Å². The predicted octanol–water partition coefficient (Wildman–Crippen LogP) is 2.57. The average Bonchev–Trinajstić information content (AvgIpc) is 2.53. The number of phenols is 1. The molecule has 22 heavy (non-hydrogen) atoms. The molecule has 0 radical (unpaired) electrons. The number of rotatable bonds is 5. The van der Waals surface area contributed by atoms with Gasteiger partial charge in [-0.3, -0.25) is 9.59 Å².